The van der Waals surface area contributed by atoms with E-state index in [1.807, 2.05) is 36.4 Å². The Morgan fingerprint density at radius 2 is 1.03 bits per heavy atom. The molecule has 5 rings (SSSR count). The van der Waals surface area contributed by atoms with Gasteiger partial charge in [0.15, 0.2) is 11.8 Å². The molecule has 0 spiro atoms. The van der Waals surface area contributed by atoms with E-state index in [1.165, 1.54) is 11.1 Å². The molecule has 0 radical (unpaired) electrons. The maximum atomic E-state index is 6.08. The molecule has 2 atom stereocenters. The predicted octanol–water partition coefficient (Wildman–Crippen LogP) is 5.91. The quantitative estimate of drug-likeness (QED) is 0.517. The second-order valence-corrected chi connectivity index (χ2v) is 9.88. The fraction of sp³-hybridized carbons (Fsp3) is 0.357. The first-order valence-corrected chi connectivity index (χ1v) is 11.6. The van der Waals surface area contributed by atoms with Gasteiger partial charge in [0.2, 0.25) is 0 Å². The van der Waals surface area contributed by atoms with Crippen molar-refractivity contribution in [2.75, 3.05) is 13.2 Å². The van der Waals surface area contributed by atoms with Crippen molar-refractivity contribution in [2.24, 2.45) is 9.98 Å². The smallest absolute Gasteiger partial charge is 0.195 e. The summed E-state index contributed by atoms with van der Waals surface area (Å²) in [6, 6.07) is 25.0. The molecule has 0 saturated carbocycles. The molecular formula is C28H31N3O2. The van der Waals surface area contributed by atoms with E-state index < -0.39 is 0 Å². The molecule has 0 bridgehead atoms. The Labute approximate surface area is 195 Å². The monoisotopic (exact) mass is 441 g/mol. The van der Waals surface area contributed by atoms with Crippen LogP contribution in [0.25, 0.3) is 0 Å². The maximum absolute atomic E-state index is 6.08. The summed E-state index contributed by atoms with van der Waals surface area (Å²) in [5, 5.41) is 0. The molecule has 5 nitrogen and oxygen atoms in total. The number of nitrogens with one attached hydrogen (secondary N) is 1. The summed E-state index contributed by atoms with van der Waals surface area (Å²) >= 11 is 0. The maximum Gasteiger partial charge on any atom is 0.195 e. The molecule has 1 N–H and O–H groups in total. The van der Waals surface area contributed by atoms with Gasteiger partial charge in [-0.05, 0) is 51.0 Å². The van der Waals surface area contributed by atoms with Crippen molar-refractivity contribution in [3.05, 3.63) is 95.3 Å². The van der Waals surface area contributed by atoms with Gasteiger partial charge in [-0.15, -0.1) is 0 Å². The van der Waals surface area contributed by atoms with Crippen molar-refractivity contribution in [3.8, 4) is 0 Å². The molecule has 0 unspecified atom stereocenters. The van der Waals surface area contributed by atoms with Gasteiger partial charge in [0.1, 0.15) is 25.3 Å². The van der Waals surface area contributed by atoms with Crippen LogP contribution in [0.2, 0.25) is 0 Å². The van der Waals surface area contributed by atoms with Gasteiger partial charge in [0.25, 0.3) is 0 Å². The van der Waals surface area contributed by atoms with Crippen LogP contribution in [0.3, 0.4) is 0 Å². The molecule has 2 aromatic carbocycles. The molecule has 0 fully saturated rings. The van der Waals surface area contributed by atoms with Gasteiger partial charge in [-0.3, -0.25) is 0 Å². The first-order valence-electron chi connectivity index (χ1n) is 11.6. The third kappa shape index (κ3) is 3.97. The Kier molecular flexibility index (Phi) is 5.35. The number of aromatic amines is 1. The van der Waals surface area contributed by atoms with Gasteiger partial charge in [-0.25, -0.2) is 9.98 Å². The van der Waals surface area contributed by atoms with Gasteiger partial charge in [0, 0.05) is 11.4 Å². The number of aliphatic imine (C=N–C) groups is 2. The third-order valence-electron chi connectivity index (χ3n) is 6.77. The van der Waals surface area contributed by atoms with E-state index in [4.69, 9.17) is 19.5 Å². The van der Waals surface area contributed by atoms with Crippen LogP contribution in [0.5, 0.6) is 0 Å². The van der Waals surface area contributed by atoms with Gasteiger partial charge >= 0.3 is 0 Å². The summed E-state index contributed by atoms with van der Waals surface area (Å²) in [6.45, 7) is 9.75. The first-order chi connectivity index (χ1) is 15.9. The second kappa shape index (κ2) is 8.22. The zero-order valence-electron chi connectivity index (χ0n) is 19.7. The number of ether oxygens (including phenoxy) is 2. The molecule has 2 aliphatic rings. The number of nitrogens with zero attached hydrogens (tertiary/aromatic N) is 2. The molecule has 5 heteroatoms. The van der Waals surface area contributed by atoms with Crippen LogP contribution in [0, 0.1) is 0 Å². The number of H-pyrrole nitrogens is 1. The molecule has 33 heavy (non-hydrogen) atoms. The lowest BCUT2D eigenvalue weighted by molar-refractivity contribution is 0.293. The normalized spacial score (nSPS) is 20.7. The number of rotatable bonds is 6. The van der Waals surface area contributed by atoms with E-state index in [0.717, 1.165) is 23.2 Å². The highest BCUT2D eigenvalue weighted by Crippen LogP contribution is 2.36. The highest BCUT2D eigenvalue weighted by molar-refractivity contribution is 5.90. The Balaban J connectivity index is 1.37. The van der Waals surface area contributed by atoms with Crippen molar-refractivity contribution < 1.29 is 9.47 Å². The predicted molar refractivity (Wildman–Crippen MR) is 132 cm³/mol. The average molecular weight is 442 g/mol. The van der Waals surface area contributed by atoms with Crippen LogP contribution in [0.1, 0.15) is 62.3 Å². The van der Waals surface area contributed by atoms with E-state index in [2.05, 4.69) is 69.1 Å². The van der Waals surface area contributed by atoms with Gasteiger partial charge in [-0.2, -0.15) is 0 Å². The Hall–Kier alpha value is -3.34. The van der Waals surface area contributed by atoms with Crippen LogP contribution in [0.15, 0.2) is 82.8 Å². The number of aromatic nitrogens is 1. The Bertz CT molecular complexity index is 1080. The number of hydrogen-bond acceptors (Lipinski definition) is 4. The van der Waals surface area contributed by atoms with E-state index in [1.54, 1.807) is 0 Å². The molecule has 0 aliphatic carbocycles. The summed E-state index contributed by atoms with van der Waals surface area (Å²) in [4.78, 5) is 13.5. The molecular weight excluding hydrogens is 410 g/mol. The Morgan fingerprint density at radius 3 is 1.42 bits per heavy atom. The van der Waals surface area contributed by atoms with E-state index in [9.17, 15) is 0 Å². The van der Waals surface area contributed by atoms with Crippen molar-refractivity contribution in [2.45, 2.75) is 50.6 Å². The van der Waals surface area contributed by atoms with Crippen molar-refractivity contribution in [1.29, 1.82) is 0 Å². The van der Waals surface area contributed by atoms with Crippen LogP contribution in [-0.4, -0.2) is 30.0 Å². The van der Waals surface area contributed by atoms with Crippen molar-refractivity contribution in [1.82, 2.24) is 4.98 Å². The van der Waals surface area contributed by atoms with Crippen LogP contribution in [-0.2, 0) is 20.3 Å². The second-order valence-electron chi connectivity index (χ2n) is 9.88. The fourth-order valence-corrected chi connectivity index (χ4v) is 4.48. The lowest BCUT2D eigenvalue weighted by Gasteiger charge is -2.25. The molecule has 170 valence electrons. The SMILES string of the molecule is CC(C)(C1=N[C@H](c2ccccc2)CO1)c1ccc(C(C)(C)C2=N[C@H](c3ccccc3)CO2)[nH]1. The minimum absolute atomic E-state index is 0.0440. The number of hydrogen-bond donors (Lipinski definition) is 1. The molecule has 0 saturated heterocycles. The van der Waals surface area contributed by atoms with Crippen LogP contribution < -0.4 is 0 Å². The minimum atomic E-state index is -0.372. The van der Waals surface area contributed by atoms with Crippen molar-refractivity contribution in [3.63, 3.8) is 0 Å². The highest BCUT2D eigenvalue weighted by Gasteiger charge is 2.39. The molecule has 2 aliphatic heterocycles. The summed E-state index contributed by atoms with van der Waals surface area (Å²) < 4.78 is 12.2. The summed E-state index contributed by atoms with van der Waals surface area (Å²) in [6.07, 6.45) is 0. The zero-order valence-corrected chi connectivity index (χ0v) is 19.7. The van der Waals surface area contributed by atoms with E-state index >= 15 is 0 Å². The Morgan fingerprint density at radius 1 is 0.636 bits per heavy atom. The number of benzene rings is 2. The van der Waals surface area contributed by atoms with Crippen LogP contribution in [0.4, 0.5) is 0 Å². The summed E-state index contributed by atoms with van der Waals surface area (Å²) in [5.74, 6) is 1.53. The molecule has 3 heterocycles. The standard InChI is InChI=1S/C28H31N3O2/c1-27(2,25-29-21(17-32-25)19-11-7-5-8-12-19)23-15-16-24(31-23)28(3,4)26-30-22(18-33-26)20-13-9-6-10-14-20/h5-16,21-22,31H,17-18H2,1-4H3/t21-,22-/m0/s1. The molecule has 3 aromatic rings. The lowest BCUT2D eigenvalue weighted by Crippen LogP contribution is -2.32. The first kappa shape index (κ1) is 21.5. The highest BCUT2D eigenvalue weighted by atomic mass is 16.5. The minimum Gasteiger partial charge on any atom is -0.478 e. The topological polar surface area (TPSA) is 59.0 Å². The van der Waals surface area contributed by atoms with Crippen LogP contribution >= 0.6 is 0 Å². The van der Waals surface area contributed by atoms with E-state index in [0.29, 0.717) is 13.2 Å². The van der Waals surface area contributed by atoms with Crippen molar-refractivity contribution >= 4 is 11.8 Å². The fourth-order valence-electron chi connectivity index (χ4n) is 4.48. The third-order valence-corrected chi connectivity index (χ3v) is 6.77. The zero-order chi connectivity index (χ0) is 23.1. The summed E-state index contributed by atoms with van der Waals surface area (Å²) in [5.41, 5.74) is 3.75. The van der Waals surface area contributed by atoms with Gasteiger partial charge < -0.3 is 14.5 Å². The molecule has 0 amide bonds. The van der Waals surface area contributed by atoms with Gasteiger partial charge in [0.05, 0.1) is 10.8 Å². The average Bonchev–Trinajstić information content (AvgIpc) is 3.61. The van der Waals surface area contributed by atoms with Gasteiger partial charge in [-0.1, -0.05) is 60.7 Å². The lowest BCUT2D eigenvalue weighted by atomic mass is 9.89. The molecule has 1 aromatic heterocycles. The summed E-state index contributed by atoms with van der Waals surface area (Å²) in [7, 11) is 0. The largest absolute Gasteiger partial charge is 0.478 e. The van der Waals surface area contributed by atoms with E-state index in [-0.39, 0.29) is 22.9 Å².